The number of piperazine rings is 1. The van der Waals surface area contributed by atoms with Gasteiger partial charge in [-0.3, -0.25) is 4.79 Å². The topological polar surface area (TPSA) is 73.8 Å². The molecule has 0 saturated carbocycles. The van der Waals surface area contributed by atoms with Gasteiger partial charge in [0.15, 0.2) is 5.13 Å². The number of hydrogen-bond donors (Lipinski definition) is 0. The summed E-state index contributed by atoms with van der Waals surface area (Å²) < 4.78 is 41.9. The summed E-state index contributed by atoms with van der Waals surface area (Å²) in [6.07, 6.45) is 1.30. The summed E-state index contributed by atoms with van der Waals surface area (Å²) in [5, 5.41) is 0.982. The number of benzene rings is 2. The summed E-state index contributed by atoms with van der Waals surface area (Å²) in [7, 11) is -3.76. The number of carbonyl (C=O) groups excluding carboxylic acids is 1. The SMILES string of the molecule is Cc1cc(C)c2nc(N3CCN(C(=O)C4CCCN(S(=O)(=O)c5ccc(F)cc5)C4)CC3)sc2c1. The van der Waals surface area contributed by atoms with Crippen LogP contribution < -0.4 is 4.90 Å². The quantitative estimate of drug-likeness (QED) is 0.527. The van der Waals surface area contributed by atoms with Crippen molar-refractivity contribution in [1.29, 1.82) is 0 Å². The molecule has 0 spiro atoms. The molecule has 2 aliphatic heterocycles. The second-order valence-corrected chi connectivity index (χ2v) is 12.3. The van der Waals surface area contributed by atoms with E-state index in [4.69, 9.17) is 4.98 Å². The fraction of sp³-hybridized carbons (Fsp3) is 0.440. The summed E-state index contributed by atoms with van der Waals surface area (Å²) in [5.41, 5.74) is 3.44. The summed E-state index contributed by atoms with van der Waals surface area (Å²) in [6.45, 7) is 7.29. The number of rotatable bonds is 4. The first-order chi connectivity index (χ1) is 16.7. The van der Waals surface area contributed by atoms with E-state index >= 15 is 0 Å². The monoisotopic (exact) mass is 516 g/mol. The molecule has 2 fully saturated rings. The molecule has 35 heavy (non-hydrogen) atoms. The predicted molar refractivity (Wildman–Crippen MR) is 136 cm³/mol. The van der Waals surface area contributed by atoms with Crippen molar-refractivity contribution >= 4 is 42.6 Å². The Morgan fingerprint density at radius 2 is 1.77 bits per heavy atom. The van der Waals surface area contributed by atoms with Crippen LogP contribution in [-0.4, -0.2) is 67.8 Å². The van der Waals surface area contributed by atoms with Gasteiger partial charge in [0, 0.05) is 39.3 Å². The fourth-order valence-electron chi connectivity index (χ4n) is 4.99. The lowest BCUT2D eigenvalue weighted by Gasteiger charge is -2.38. The van der Waals surface area contributed by atoms with Gasteiger partial charge in [-0.15, -0.1) is 0 Å². The summed E-state index contributed by atoms with van der Waals surface area (Å²) in [6, 6.07) is 9.16. The molecule has 2 aliphatic rings. The highest BCUT2D eigenvalue weighted by atomic mass is 32.2. The maximum absolute atomic E-state index is 13.3. The Balaban J connectivity index is 1.23. The lowest BCUT2D eigenvalue weighted by molar-refractivity contribution is -0.137. The van der Waals surface area contributed by atoms with Gasteiger partial charge in [-0.1, -0.05) is 17.4 Å². The number of halogens is 1. The highest BCUT2D eigenvalue weighted by molar-refractivity contribution is 7.89. The molecule has 5 rings (SSSR count). The molecule has 0 N–H and O–H groups in total. The fourth-order valence-corrected chi connectivity index (χ4v) is 7.71. The second kappa shape index (κ2) is 9.48. The highest BCUT2D eigenvalue weighted by Gasteiger charge is 2.36. The van der Waals surface area contributed by atoms with Gasteiger partial charge in [0.25, 0.3) is 0 Å². The van der Waals surface area contributed by atoms with Gasteiger partial charge in [0.05, 0.1) is 21.0 Å². The first-order valence-electron chi connectivity index (χ1n) is 11.9. The minimum absolute atomic E-state index is 0.0134. The molecule has 0 aliphatic carbocycles. The smallest absolute Gasteiger partial charge is 0.243 e. The molecule has 0 bridgehead atoms. The maximum atomic E-state index is 13.3. The molecular weight excluding hydrogens is 487 g/mol. The zero-order valence-electron chi connectivity index (χ0n) is 19.9. The van der Waals surface area contributed by atoms with E-state index in [1.54, 1.807) is 11.3 Å². The van der Waals surface area contributed by atoms with Gasteiger partial charge in [0.1, 0.15) is 5.82 Å². The average Bonchev–Trinajstić information content (AvgIpc) is 3.28. The van der Waals surface area contributed by atoms with E-state index in [1.165, 1.54) is 32.3 Å². The van der Waals surface area contributed by atoms with Crippen molar-refractivity contribution in [3.8, 4) is 0 Å². The third kappa shape index (κ3) is 4.79. The standard InChI is InChI=1S/C25H29FN4O3S2/c1-17-14-18(2)23-22(15-17)34-25(27-23)29-12-10-28(11-13-29)24(31)19-4-3-9-30(16-19)35(32,33)21-7-5-20(26)6-8-21/h5-8,14-15,19H,3-4,9-13,16H2,1-2H3. The van der Waals surface area contributed by atoms with E-state index in [0.29, 0.717) is 45.6 Å². The van der Waals surface area contributed by atoms with Gasteiger partial charge < -0.3 is 9.80 Å². The van der Waals surface area contributed by atoms with E-state index in [0.717, 1.165) is 22.8 Å². The maximum Gasteiger partial charge on any atom is 0.243 e. The number of aryl methyl sites for hydroxylation is 2. The molecule has 186 valence electrons. The van der Waals surface area contributed by atoms with Crippen LogP contribution >= 0.6 is 11.3 Å². The zero-order valence-corrected chi connectivity index (χ0v) is 21.5. The third-order valence-electron chi connectivity index (χ3n) is 6.87. The highest BCUT2D eigenvalue weighted by Crippen LogP contribution is 2.32. The predicted octanol–water partition coefficient (Wildman–Crippen LogP) is 3.80. The molecule has 1 amide bonds. The van der Waals surface area contributed by atoms with Crippen molar-refractivity contribution in [3.63, 3.8) is 0 Å². The van der Waals surface area contributed by atoms with Crippen molar-refractivity contribution in [2.75, 3.05) is 44.2 Å². The van der Waals surface area contributed by atoms with Crippen LogP contribution in [0.4, 0.5) is 9.52 Å². The van der Waals surface area contributed by atoms with Crippen LogP contribution in [0, 0.1) is 25.6 Å². The van der Waals surface area contributed by atoms with Gasteiger partial charge >= 0.3 is 0 Å². The lowest BCUT2D eigenvalue weighted by atomic mass is 9.98. The van der Waals surface area contributed by atoms with Crippen molar-refractivity contribution in [2.45, 2.75) is 31.6 Å². The molecule has 0 radical (unpaired) electrons. The number of hydrogen-bond acceptors (Lipinski definition) is 6. The number of thiazole rings is 1. The summed E-state index contributed by atoms with van der Waals surface area (Å²) in [4.78, 5) is 22.3. The summed E-state index contributed by atoms with van der Waals surface area (Å²) >= 11 is 1.69. The zero-order chi connectivity index (χ0) is 24.7. The van der Waals surface area contributed by atoms with Crippen LogP contribution in [0.2, 0.25) is 0 Å². The number of amides is 1. The molecular formula is C25H29FN4O3S2. The molecule has 1 aromatic heterocycles. The molecule has 2 aromatic carbocycles. The molecule has 10 heteroatoms. The van der Waals surface area contributed by atoms with Gasteiger partial charge in [-0.2, -0.15) is 4.31 Å². The molecule has 1 atom stereocenters. The van der Waals surface area contributed by atoms with Crippen molar-refractivity contribution in [2.24, 2.45) is 5.92 Å². The van der Waals surface area contributed by atoms with Crippen molar-refractivity contribution in [3.05, 3.63) is 53.3 Å². The number of anilines is 1. The van der Waals surface area contributed by atoms with Gasteiger partial charge in [0.2, 0.25) is 15.9 Å². The van der Waals surface area contributed by atoms with Crippen molar-refractivity contribution in [1.82, 2.24) is 14.2 Å². The third-order valence-corrected chi connectivity index (χ3v) is 9.81. The van der Waals surface area contributed by atoms with Crippen LogP contribution in [0.15, 0.2) is 41.3 Å². The van der Waals surface area contributed by atoms with Crippen LogP contribution in [0.5, 0.6) is 0 Å². The Hall–Kier alpha value is -2.56. The number of sulfonamides is 1. The normalized spacial score (nSPS) is 19.9. The second-order valence-electron chi connectivity index (χ2n) is 9.39. The lowest BCUT2D eigenvalue weighted by Crippen LogP contribution is -2.53. The van der Waals surface area contributed by atoms with Gasteiger partial charge in [-0.25, -0.2) is 17.8 Å². The van der Waals surface area contributed by atoms with Gasteiger partial charge in [-0.05, 0) is 68.1 Å². The Kier molecular flexibility index (Phi) is 6.54. The van der Waals surface area contributed by atoms with Crippen molar-refractivity contribution < 1.29 is 17.6 Å². The Morgan fingerprint density at radius 1 is 1.06 bits per heavy atom. The van der Waals surface area contributed by atoms with Crippen LogP contribution in [0.25, 0.3) is 10.2 Å². The number of fused-ring (bicyclic) bond motifs is 1. The number of carbonyl (C=O) groups is 1. The van der Waals surface area contributed by atoms with E-state index in [-0.39, 0.29) is 23.3 Å². The van der Waals surface area contributed by atoms with E-state index in [2.05, 4.69) is 30.9 Å². The Bertz CT molecular complexity index is 1350. The Labute approximate surface area is 209 Å². The summed E-state index contributed by atoms with van der Waals surface area (Å²) in [5.74, 6) is -0.830. The molecule has 1 unspecified atom stereocenters. The number of aromatic nitrogens is 1. The van der Waals surface area contributed by atoms with E-state index in [9.17, 15) is 17.6 Å². The largest absolute Gasteiger partial charge is 0.345 e. The van der Waals surface area contributed by atoms with Crippen LogP contribution in [0.1, 0.15) is 24.0 Å². The molecule has 3 heterocycles. The van der Waals surface area contributed by atoms with Crippen LogP contribution in [-0.2, 0) is 14.8 Å². The Morgan fingerprint density at radius 3 is 2.49 bits per heavy atom. The number of piperidine rings is 1. The molecule has 3 aromatic rings. The molecule has 7 nitrogen and oxygen atoms in total. The minimum Gasteiger partial charge on any atom is -0.345 e. The number of nitrogens with zero attached hydrogens (tertiary/aromatic N) is 4. The first-order valence-corrected chi connectivity index (χ1v) is 14.2. The van der Waals surface area contributed by atoms with E-state index < -0.39 is 15.8 Å². The average molecular weight is 517 g/mol. The molecule has 2 saturated heterocycles. The van der Waals surface area contributed by atoms with Crippen LogP contribution in [0.3, 0.4) is 0 Å². The minimum atomic E-state index is -3.76. The first kappa shape index (κ1) is 24.1. The van der Waals surface area contributed by atoms with E-state index in [1.807, 2.05) is 4.90 Å².